The molecule has 2 aromatic rings. The molecule has 6 nitrogen and oxygen atoms in total. The minimum Gasteiger partial charge on any atom is -0.481 e. The first-order valence-corrected chi connectivity index (χ1v) is 9.10. The molecule has 1 atom stereocenters. The number of carboxylic acids is 1. The monoisotopic (exact) mass is 441 g/mol. The Labute approximate surface area is 166 Å². The molecule has 0 spiro atoms. The van der Waals surface area contributed by atoms with Crippen LogP contribution in [-0.2, 0) is 22.4 Å². The van der Waals surface area contributed by atoms with Gasteiger partial charge in [0, 0.05) is 18.5 Å². The number of halogens is 2. The molecule has 0 bridgehead atoms. The quantitative estimate of drug-likeness (QED) is 0.670. The van der Waals surface area contributed by atoms with Gasteiger partial charge in [0.05, 0.1) is 22.7 Å². The van der Waals surface area contributed by atoms with Gasteiger partial charge >= 0.3 is 5.97 Å². The Morgan fingerprint density at radius 2 is 2.12 bits per heavy atom. The van der Waals surface area contributed by atoms with Gasteiger partial charge in [-0.05, 0) is 59.3 Å². The summed E-state index contributed by atoms with van der Waals surface area (Å²) in [6.45, 7) is 0.861. The maximum atomic E-state index is 10.7. The van der Waals surface area contributed by atoms with E-state index in [0.29, 0.717) is 12.1 Å². The van der Waals surface area contributed by atoms with Crippen molar-refractivity contribution in [1.82, 2.24) is 9.97 Å². The van der Waals surface area contributed by atoms with Crippen LogP contribution in [0.4, 0.5) is 11.6 Å². The molecule has 0 saturated carbocycles. The molecule has 2 heterocycles. The summed E-state index contributed by atoms with van der Waals surface area (Å²) in [5.74, 6) is -0.315. The zero-order valence-electron chi connectivity index (χ0n) is 14.2. The van der Waals surface area contributed by atoms with E-state index < -0.39 is 5.97 Å². The molecule has 0 radical (unpaired) electrons. The molecule has 140 valence electrons. The number of anilines is 2. The van der Waals surface area contributed by atoms with Crippen LogP contribution < -0.4 is 5.32 Å². The van der Waals surface area contributed by atoms with Crippen LogP contribution in [0.25, 0.3) is 0 Å². The number of aryl methyl sites for hydroxylation is 1. The Kier molecular flexibility index (Phi) is 7.81. The Balaban J connectivity index is 0.00000243. The molecule has 0 amide bonds. The lowest BCUT2D eigenvalue weighted by atomic mass is 10.1. The molecule has 1 aromatic heterocycles. The van der Waals surface area contributed by atoms with Crippen molar-refractivity contribution in [1.29, 1.82) is 0 Å². The molecular formula is C18H21BrClN3O3. The van der Waals surface area contributed by atoms with Crippen molar-refractivity contribution in [3.8, 4) is 0 Å². The molecule has 3 rings (SSSR count). The van der Waals surface area contributed by atoms with Crippen molar-refractivity contribution in [3.63, 3.8) is 0 Å². The first kappa shape index (κ1) is 20.6. The summed E-state index contributed by atoms with van der Waals surface area (Å²) < 4.78 is 6.56. The van der Waals surface area contributed by atoms with Gasteiger partial charge in [-0.15, -0.1) is 12.4 Å². The summed E-state index contributed by atoms with van der Waals surface area (Å²) in [6.07, 6.45) is 6.15. The lowest BCUT2D eigenvalue weighted by Gasteiger charge is -2.11. The zero-order chi connectivity index (χ0) is 17.6. The van der Waals surface area contributed by atoms with Crippen LogP contribution in [0.5, 0.6) is 0 Å². The standard InChI is InChI=1S/C18H20BrN3O3.ClH/c19-15-11-20-18(22-16(15)8-7-14-2-1-9-25-14)21-13-5-3-12(4-6-13)10-17(23)24;/h3-6,11,14H,1-2,7-10H2,(H,23,24)(H,20,21,22);1H. The fraction of sp³-hybridized carbons (Fsp3) is 0.389. The van der Waals surface area contributed by atoms with Gasteiger partial charge in [-0.2, -0.15) is 0 Å². The van der Waals surface area contributed by atoms with Crippen molar-refractivity contribution in [2.24, 2.45) is 0 Å². The average molecular weight is 443 g/mol. The third-order valence-corrected chi connectivity index (χ3v) is 4.77. The number of hydrogen-bond acceptors (Lipinski definition) is 5. The van der Waals surface area contributed by atoms with Gasteiger partial charge in [-0.3, -0.25) is 4.79 Å². The van der Waals surface area contributed by atoms with Crippen LogP contribution >= 0.6 is 28.3 Å². The fourth-order valence-electron chi connectivity index (χ4n) is 2.82. The lowest BCUT2D eigenvalue weighted by molar-refractivity contribution is -0.136. The van der Waals surface area contributed by atoms with Gasteiger partial charge in [0.1, 0.15) is 0 Å². The molecular weight excluding hydrogens is 422 g/mol. The molecule has 1 aliphatic rings. The third-order valence-electron chi connectivity index (χ3n) is 4.11. The molecule has 1 saturated heterocycles. The lowest BCUT2D eigenvalue weighted by Crippen LogP contribution is -2.08. The number of carbonyl (C=O) groups is 1. The Bertz CT molecular complexity index is 737. The predicted molar refractivity (Wildman–Crippen MR) is 105 cm³/mol. The SMILES string of the molecule is Cl.O=C(O)Cc1ccc(Nc2ncc(Br)c(CCC3CCCO3)n2)cc1. The van der Waals surface area contributed by atoms with Crippen molar-refractivity contribution in [2.75, 3.05) is 11.9 Å². The minimum atomic E-state index is -0.840. The van der Waals surface area contributed by atoms with E-state index in [1.54, 1.807) is 18.3 Å². The summed E-state index contributed by atoms with van der Waals surface area (Å²) in [6, 6.07) is 7.23. The summed E-state index contributed by atoms with van der Waals surface area (Å²) in [5, 5.41) is 12.0. The molecule has 0 aliphatic carbocycles. The second-order valence-electron chi connectivity index (χ2n) is 6.05. The highest BCUT2D eigenvalue weighted by molar-refractivity contribution is 9.10. The summed E-state index contributed by atoms with van der Waals surface area (Å²) in [7, 11) is 0. The first-order chi connectivity index (χ1) is 12.1. The largest absolute Gasteiger partial charge is 0.481 e. The maximum Gasteiger partial charge on any atom is 0.307 e. The summed E-state index contributed by atoms with van der Waals surface area (Å²) in [5.41, 5.74) is 2.53. The fourth-order valence-corrected chi connectivity index (χ4v) is 3.21. The van der Waals surface area contributed by atoms with E-state index in [2.05, 4.69) is 31.2 Å². The van der Waals surface area contributed by atoms with Crippen molar-refractivity contribution in [3.05, 3.63) is 46.2 Å². The number of rotatable bonds is 7. The van der Waals surface area contributed by atoms with E-state index in [9.17, 15) is 4.79 Å². The van der Waals surface area contributed by atoms with Crippen molar-refractivity contribution < 1.29 is 14.6 Å². The van der Waals surface area contributed by atoms with E-state index >= 15 is 0 Å². The zero-order valence-corrected chi connectivity index (χ0v) is 16.6. The highest BCUT2D eigenvalue weighted by Gasteiger charge is 2.16. The Morgan fingerprint density at radius 1 is 1.35 bits per heavy atom. The van der Waals surface area contributed by atoms with Crippen molar-refractivity contribution >= 4 is 45.9 Å². The minimum absolute atomic E-state index is 0. The molecule has 1 unspecified atom stereocenters. The van der Waals surface area contributed by atoms with Crippen LogP contribution in [0.1, 0.15) is 30.5 Å². The molecule has 1 aliphatic heterocycles. The molecule has 8 heteroatoms. The topological polar surface area (TPSA) is 84.3 Å². The normalized spacial score (nSPS) is 16.1. The van der Waals surface area contributed by atoms with Crippen LogP contribution in [0.15, 0.2) is 34.9 Å². The second-order valence-corrected chi connectivity index (χ2v) is 6.91. The first-order valence-electron chi connectivity index (χ1n) is 8.31. The summed E-state index contributed by atoms with van der Waals surface area (Å²) >= 11 is 3.51. The van der Waals surface area contributed by atoms with E-state index in [4.69, 9.17) is 9.84 Å². The Hall–Kier alpha value is -1.70. The van der Waals surface area contributed by atoms with E-state index in [0.717, 1.165) is 53.7 Å². The average Bonchev–Trinajstić information content (AvgIpc) is 3.10. The number of nitrogens with zero attached hydrogens (tertiary/aromatic N) is 2. The number of aliphatic carboxylic acids is 1. The van der Waals surface area contributed by atoms with Crippen LogP contribution in [-0.4, -0.2) is 33.8 Å². The molecule has 1 aromatic carbocycles. The number of benzene rings is 1. The smallest absolute Gasteiger partial charge is 0.307 e. The maximum absolute atomic E-state index is 10.7. The predicted octanol–water partition coefficient (Wildman–Crippen LogP) is 4.14. The van der Waals surface area contributed by atoms with E-state index in [-0.39, 0.29) is 18.8 Å². The Morgan fingerprint density at radius 3 is 2.77 bits per heavy atom. The van der Waals surface area contributed by atoms with Gasteiger partial charge in [0.2, 0.25) is 5.95 Å². The number of nitrogens with one attached hydrogen (secondary N) is 1. The van der Waals surface area contributed by atoms with Crippen LogP contribution in [0.2, 0.25) is 0 Å². The number of aromatic nitrogens is 2. The summed E-state index contributed by atoms with van der Waals surface area (Å²) in [4.78, 5) is 19.6. The third kappa shape index (κ3) is 5.93. The highest BCUT2D eigenvalue weighted by Crippen LogP contribution is 2.22. The van der Waals surface area contributed by atoms with Crippen LogP contribution in [0.3, 0.4) is 0 Å². The van der Waals surface area contributed by atoms with Crippen molar-refractivity contribution in [2.45, 2.75) is 38.2 Å². The van der Waals surface area contributed by atoms with Gasteiger partial charge in [0.15, 0.2) is 0 Å². The van der Waals surface area contributed by atoms with Gasteiger partial charge in [-0.1, -0.05) is 12.1 Å². The number of carboxylic acid groups (broad SMARTS) is 1. The molecule has 26 heavy (non-hydrogen) atoms. The van der Waals surface area contributed by atoms with Gasteiger partial charge in [0.25, 0.3) is 0 Å². The van der Waals surface area contributed by atoms with Crippen LogP contribution in [0, 0.1) is 0 Å². The molecule has 1 fully saturated rings. The molecule has 2 N–H and O–H groups in total. The second kappa shape index (κ2) is 9.85. The van der Waals surface area contributed by atoms with E-state index in [1.165, 1.54) is 0 Å². The van der Waals surface area contributed by atoms with E-state index in [1.807, 2.05) is 12.1 Å². The van der Waals surface area contributed by atoms with Gasteiger partial charge < -0.3 is 15.2 Å². The van der Waals surface area contributed by atoms with Gasteiger partial charge in [-0.25, -0.2) is 9.97 Å². The number of ether oxygens (including phenoxy) is 1. The number of hydrogen-bond donors (Lipinski definition) is 2. The highest BCUT2D eigenvalue weighted by atomic mass is 79.9.